The fraction of sp³-hybridized carbons (Fsp3) is 0.0833. The molecule has 148 valence electrons. The zero-order valence-electron chi connectivity index (χ0n) is 16.0. The van der Waals surface area contributed by atoms with Gasteiger partial charge in [0.1, 0.15) is 6.61 Å². The smallest absolute Gasteiger partial charge is 0.175 e. The molecular weight excluding hydrogens is 508 g/mol. The fourth-order valence-electron chi connectivity index (χ4n) is 2.77. The first kappa shape index (κ1) is 21.6. The SMILES string of the molecule is COc1cc(/C=C(/C#N)c2ccc(C#N)cc2)cc(Br)c1OCc1ccc(Br)cc1. The number of hydrogen-bond acceptors (Lipinski definition) is 4. The fourth-order valence-corrected chi connectivity index (χ4v) is 3.61. The molecule has 4 nitrogen and oxygen atoms in total. The minimum atomic E-state index is 0.395. The summed E-state index contributed by atoms with van der Waals surface area (Å²) < 4.78 is 13.2. The van der Waals surface area contributed by atoms with E-state index in [1.165, 1.54) is 0 Å². The van der Waals surface area contributed by atoms with E-state index in [-0.39, 0.29) is 0 Å². The minimum absolute atomic E-state index is 0.395. The number of hydrogen-bond donors (Lipinski definition) is 0. The number of rotatable bonds is 6. The maximum Gasteiger partial charge on any atom is 0.175 e. The first-order valence-corrected chi connectivity index (χ1v) is 10.5. The number of nitriles is 2. The van der Waals surface area contributed by atoms with Crippen LogP contribution in [-0.4, -0.2) is 7.11 Å². The average molecular weight is 524 g/mol. The van der Waals surface area contributed by atoms with E-state index in [4.69, 9.17) is 14.7 Å². The van der Waals surface area contributed by atoms with Gasteiger partial charge in [0.2, 0.25) is 0 Å². The van der Waals surface area contributed by atoms with Crippen molar-refractivity contribution >= 4 is 43.5 Å². The van der Waals surface area contributed by atoms with Crippen LogP contribution in [0, 0.1) is 22.7 Å². The van der Waals surface area contributed by atoms with Gasteiger partial charge in [-0.05, 0) is 75.1 Å². The van der Waals surface area contributed by atoms with Crippen LogP contribution in [-0.2, 0) is 6.61 Å². The number of halogens is 2. The largest absolute Gasteiger partial charge is 0.493 e. The predicted octanol–water partition coefficient (Wildman–Crippen LogP) is 6.74. The van der Waals surface area contributed by atoms with Crippen LogP contribution in [0.2, 0.25) is 0 Å². The number of benzene rings is 3. The maximum absolute atomic E-state index is 9.59. The van der Waals surface area contributed by atoms with Gasteiger partial charge < -0.3 is 9.47 Å². The number of ether oxygens (including phenoxy) is 2. The molecule has 0 bridgehead atoms. The Hall–Kier alpha value is -3.06. The highest BCUT2D eigenvalue weighted by molar-refractivity contribution is 9.10. The third-order valence-corrected chi connectivity index (χ3v) is 5.42. The molecule has 0 saturated heterocycles. The van der Waals surface area contributed by atoms with Crippen LogP contribution < -0.4 is 9.47 Å². The summed E-state index contributed by atoms with van der Waals surface area (Å²) in [5, 5.41) is 18.5. The molecule has 30 heavy (non-hydrogen) atoms. The van der Waals surface area contributed by atoms with E-state index in [9.17, 15) is 5.26 Å². The van der Waals surface area contributed by atoms with Crippen LogP contribution in [0.4, 0.5) is 0 Å². The van der Waals surface area contributed by atoms with Gasteiger partial charge >= 0.3 is 0 Å². The van der Waals surface area contributed by atoms with E-state index in [0.29, 0.717) is 29.2 Å². The molecule has 0 unspecified atom stereocenters. The van der Waals surface area contributed by atoms with Crippen LogP contribution in [0.5, 0.6) is 11.5 Å². The van der Waals surface area contributed by atoms with Gasteiger partial charge in [-0.2, -0.15) is 10.5 Å². The third kappa shape index (κ3) is 5.30. The lowest BCUT2D eigenvalue weighted by molar-refractivity contribution is 0.282. The molecule has 0 radical (unpaired) electrons. The van der Waals surface area contributed by atoms with E-state index < -0.39 is 0 Å². The highest BCUT2D eigenvalue weighted by atomic mass is 79.9. The summed E-state index contributed by atoms with van der Waals surface area (Å²) in [5.41, 5.74) is 3.59. The minimum Gasteiger partial charge on any atom is -0.493 e. The zero-order valence-corrected chi connectivity index (χ0v) is 19.2. The van der Waals surface area contributed by atoms with E-state index >= 15 is 0 Å². The second-order valence-electron chi connectivity index (χ2n) is 6.31. The molecule has 0 spiro atoms. The molecule has 0 atom stereocenters. The molecule has 0 fully saturated rings. The van der Waals surface area contributed by atoms with Gasteiger partial charge in [0.25, 0.3) is 0 Å². The predicted molar refractivity (Wildman–Crippen MR) is 124 cm³/mol. The lowest BCUT2D eigenvalue weighted by atomic mass is 10.0. The summed E-state index contributed by atoms with van der Waals surface area (Å²) in [7, 11) is 1.58. The topological polar surface area (TPSA) is 66.0 Å². The van der Waals surface area contributed by atoms with Gasteiger partial charge in [0.05, 0.1) is 34.9 Å². The van der Waals surface area contributed by atoms with E-state index in [1.54, 1.807) is 37.5 Å². The van der Waals surface area contributed by atoms with Crippen molar-refractivity contribution in [3.8, 4) is 23.6 Å². The standard InChI is InChI=1S/C24H16Br2N2O2/c1-29-23-12-18(10-20(14-28)19-6-2-16(13-27)3-7-19)11-22(26)24(23)30-15-17-4-8-21(25)9-5-17/h2-12H,15H2,1H3/b20-10-. The maximum atomic E-state index is 9.59. The van der Waals surface area contributed by atoms with Crippen LogP contribution in [0.25, 0.3) is 11.6 Å². The molecule has 0 heterocycles. The second-order valence-corrected chi connectivity index (χ2v) is 8.08. The molecular formula is C24H16Br2N2O2. The van der Waals surface area contributed by atoms with Gasteiger partial charge in [0, 0.05) is 4.47 Å². The van der Waals surface area contributed by atoms with Crippen LogP contribution in [0.3, 0.4) is 0 Å². The molecule has 0 amide bonds. The lowest BCUT2D eigenvalue weighted by Crippen LogP contribution is -1.99. The summed E-state index contributed by atoms with van der Waals surface area (Å²) in [4.78, 5) is 0. The van der Waals surface area contributed by atoms with Crippen molar-refractivity contribution < 1.29 is 9.47 Å². The molecule has 3 rings (SSSR count). The normalized spacial score (nSPS) is 10.8. The molecule has 3 aromatic carbocycles. The van der Waals surface area contributed by atoms with Gasteiger partial charge in [-0.25, -0.2) is 0 Å². The highest BCUT2D eigenvalue weighted by Gasteiger charge is 2.12. The van der Waals surface area contributed by atoms with Crippen molar-refractivity contribution in [2.45, 2.75) is 6.61 Å². The van der Waals surface area contributed by atoms with Crippen molar-refractivity contribution in [1.29, 1.82) is 10.5 Å². The molecule has 3 aromatic rings. The Kier molecular flexibility index (Phi) is 7.30. The highest BCUT2D eigenvalue weighted by Crippen LogP contribution is 2.38. The summed E-state index contributed by atoms with van der Waals surface area (Å²) in [6, 6.07) is 22.8. The quantitative estimate of drug-likeness (QED) is 0.265. The summed E-state index contributed by atoms with van der Waals surface area (Å²) >= 11 is 6.97. The summed E-state index contributed by atoms with van der Waals surface area (Å²) in [5.74, 6) is 1.15. The van der Waals surface area contributed by atoms with Crippen LogP contribution >= 0.6 is 31.9 Å². The van der Waals surface area contributed by atoms with Gasteiger partial charge in [-0.1, -0.05) is 40.2 Å². The Morgan fingerprint density at radius 1 is 1.00 bits per heavy atom. The first-order valence-electron chi connectivity index (χ1n) is 8.91. The van der Waals surface area contributed by atoms with Crippen molar-refractivity contribution in [2.24, 2.45) is 0 Å². The molecule has 0 aliphatic heterocycles. The van der Waals surface area contributed by atoms with E-state index in [1.807, 2.05) is 36.4 Å². The van der Waals surface area contributed by atoms with Gasteiger partial charge in [-0.3, -0.25) is 0 Å². The Balaban J connectivity index is 1.88. The van der Waals surface area contributed by atoms with Crippen molar-refractivity contribution in [1.82, 2.24) is 0 Å². The molecule has 0 saturated carbocycles. The number of nitrogens with zero attached hydrogens (tertiary/aromatic N) is 2. The van der Waals surface area contributed by atoms with Crippen LogP contribution in [0.1, 0.15) is 22.3 Å². The van der Waals surface area contributed by atoms with Crippen LogP contribution in [0.15, 0.2) is 69.6 Å². The van der Waals surface area contributed by atoms with Crippen molar-refractivity contribution in [3.05, 3.63) is 91.9 Å². The Bertz CT molecular complexity index is 1160. The summed E-state index contributed by atoms with van der Waals surface area (Å²) in [6.07, 6.45) is 1.77. The Morgan fingerprint density at radius 2 is 1.70 bits per heavy atom. The Morgan fingerprint density at radius 3 is 2.30 bits per heavy atom. The first-order chi connectivity index (χ1) is 14.5. The number of methoxy groups -OCH3 is 1. The third-order valence-electron chi connectivity index (χ3n) is 4.30. The van der Waals surface area contributed by atoms with Crippen molar-refractivity contribution in [3.63, 3.8) is 0 Å². The monoisotopic (exact) mass is 522 g/mol. The zero-order chi connectivity index (χ0) is 21.5. The van der Waals surface area contributed by atoms with Gasteiger partial charge in [0.15, 0.2) is 11.5 Å². The molecule has 0 N–H and O–H groups in total. The van der Waals surface area contributed by atoms with E-state index in [0.717, 1.165) is 25.6 Å². The second kappa shape index (κ2) is 10.1. The number of allylic oxidation sites excluding steroid dienone is 1. The lowest BCUT2D eigenvalue weighted by Gasteiger charge is -2.14. The molecule has 0 aromatic heterocycles. The molecule has 0 aliphatic carbocycles. The molecule has 6 heteroatoms. The summed E-state index contributed by atoms with van der Waals surface area (Å²) in [6.45, 7) is 0.395. The Labute approximate surface area is 192 Å². The average Bonchev–Trinajstić information content (AvgIpc) is 2.77. The van der Waals surface area contributed by atoms with Crippen molar-refractivity contribution in [2.75, 3.05) is 7.11 Å². The van der Waals surface area contributed by atoms with E-state index in [2.05, 4.69) is 44.0 Å². The van der Waals surface area contributed by atoms with Gasteiger partial charge in [-0.15, -0.1) is 0 Å². The molecule has 0 aliphatic rings.